The van der Waals surface area contributed by atoms with E-state index >= 15 is 0 Å². The third-order valence-corrected chi connectivity index (χ3v) is 4.62. The number of ether oxygens (including phenoxy) is 1. The number of pyridine rings is 1. The molecule has 0 spiro atoms. The van der Waals surface area contributed by atoms with Crippen LogP contribution in [0, 0.1) is 0 Å². The zero-order chi connectivity index (χ0) is 20.2. The summed E-state index contributed by atoms with van der Waals surface area (Å²) < 4.78 is 10.0. The number of esters is 1. The zero-order valence-electron chi connectivity index (χ0n) is 15.7. The summed E-state index contributed by atoms with van der Waals surface area (Å²) in [4.78, 5) is 34.1. The number of amides is 1. The summed E-state index contributed by atoms with van der Waals surface area (Å²) in [6, 6.07) is 10.2. The van der Waals surface area contributed by atoms with Crippen LogP contribution in [0.2, 0.25) is 0 Å². The van der Waals surface area contributed by atoms with Gasteiger partial charge in [0.25, 0.3) is 0 Å². The molecule has 148 valence electrons. The normalized spacial score (nSPS) is 14.2. The van der Waals surface area contributed by atoms with Gasteiger partial charge in [-0.3, -0.25) is 14.7 Å². The number of nitrogens with zero attached hydrogens (tertiary/aromatic N) is 4. The molecule has 1 fully saturated rings. The largest absolute Gasteiger partial charge is 0.465 e. The summed E-state index contributed by atoms with van der Waals surface area (Å²) in [6.45, 7) is 1.60. The molecule has 2 aromatic heterocycles. The van der Waals surface area contributed by atoms with Crippen LogP contribution in [-0.4, -0.2) is 58.6 Å². The number of carbonyl (C=O) groups is 2. The van der Waals surface area contributed by atoms with Crippen molar-refractivity contribution in [3.63, 3.8) is 0 Å². The molecule has 0 radical (unpaired) electrons. The van der Waals surface area contributed by atoms with Gasteiger partial charge in [-0.25, -0.2) is 4.79 Å². The fourth-order valence-corrected chi connectivity index (χ4v) is 3.08. The molecule has 3 aromatic rings. The molecule has 0 saturated carbocycles. The van der Waals surface area contributed by atoms with Crippen LogP contribution in [0.1, 0.15) is 22.2 Å². The van der Waals surface area contributed by atoms with E-state index in [4.69, 9.17) is 4.52 Å². The Morgan fingerprint density at radius 2 is 2.03 bits per heavy atom. The Morgan fingerprint density at radius 1 is 1.24 bits per heavy atom. The van der Waals surface area contributed by atoms with Gasteiger partial charge in [0.05, 0.1) is 25.1 Å². The lowest BCUT2D eigenvalue weighted by Gasteiger charge is -2.36. The molecule has 3 heterocycles. The second-order valence-corrected chi connectivity index (χ2v) is 6.71. The number of carbonyl (C=O) groups excluding carboxylic acids is 2. The highest BCUT2D eigenvalue weighted by molar-refractivity contribution is 5.94. The van der Waals surface area contributed by atoms with E-state index in [2.05, 4.69) is 25.2 Å². The highest BCUT2D eigenvalue weighted by Crippen LogP contribution is 2.27. The summed E-state index contributed by atoms with van der Waals surface area (Å²) in [5, 5.41) is 6.81. The lowest BCUT2D eigenvalue weighted by atomic mass is 10.0. The van der Waals surface area contributed by atoms with E-state index in [0.29, 0.717) is 36.1 Å². The maximum atomic E-state index is 12.2. The third-order valence-electron chi connectivity index (χ3n) is 4.62. The molecule has 0 atom stereocenters. The zero-order valence-corrected chi connectivity index (χ0v) is 15.7. The van der Waals surface area contributed by atoms with Gasteiger partial charge in [0, 0.05) is 36.7 Å². The molecule has 1 aliphatic rings. The van der Waals surface area contributed by atoms with E-state index < -0.39 is 5.97 Å². The lowest BCUT2D eigenvalue weighted by molar-refractivity contribution is -0.118. The van der Waals surface area contributed by atoms with Crippen LogP contribution in [0.25, 0.3) is 11.4 Å². The minimum atomic E-state index is -0.415. The molecular weight excluding hydrogens is 374 g/mol. The SMILES string of the molecule is COC(=O)c1ccc(NC(=O)CN2CC(c3nc(-c4cccnc4)no3)C2)cc1. The minimum Gasteiger partial charge on any atom is -0.465 e. The fraction of sp³-hybridized carbons (Fsp3) is 0.250. The number of nitrogens with one attached hydrogen (secondary N) is 1. The van der Waals surface area contributed by atoms with Gasteiger partial charge in [-0.2, -0.15) is 4.98 Å². The first-order valence-corrected chi connectivity index (χ1v) is 9.07. The van der Waals surface area contributed by atoms with Gasteiger partial charge >= 0.3 is 5.97 Å². The Hall–Kier alpha value is -3.59. The van der Waals surface area contributed by atoms with Gasteiger partial charge in [0.1, 0.15) is 0 Å². The fourth-order valence-electron chi connectivity index (χ4n) is 3.08. The van der Waals surface area contributed by atoms with Crippen LogP contribution >= 0.6 is 0 Å². The molecule has 1 saturated heterocycles. The van der Waals surface area contributed by atoms with Gasteiger partial charge in [-0.15, -0.1) is 0 Å². The van der Waals surface area contributed by atoms with E-state index in [9.17, 15) is 9.59 Å². The average Bonchev–Trinajstić information content (AvgIpc) is 3.20. The Balaban J connectivity index is 1.26. The van der Waals surface area contributed by atoms with Crippen LogP contribution < -0.4 is 5.32 Å². The molecule has 1 aliphatic heterocycles. The molecule has 9 nitrogen and oxygen atoms in total. The number of anilines is 1. The smallest absolute Gasteiger partial charge is 0.337 e. The van der Waals surface area contributed by atoms with E-state index in [0.717, 1.165) is 5.56 Å². The molecule has 29 heavy (non-hydrogen) atoms. The van der Waals surface area contributed by atoms with Crippen molar-refractivity contribution in [3.05, 3.63) is 60.2 Å². The van der Waals surface area contributed by atoms with Crippen LogP contribution in [0.5, 0.6) is 0 Å². The van der Waals surface area contributed by atoms with Crippen molar-refractivity contribution in [2.24, 2.45) is 0 Å². The van der Waals surface area contributed by atoms with Crippen molar-refractivity contribution in [1.82, 2.24) is 20.0 Å². The Kier molecular flexibility index (Phi) is 5.30. The summed E-state index contributed by atoms with van der Waals surface area (Å²) in [6.07, 6.45) is 3.37. The van der Waals surface area contributed by atoms with Crippen LogP contribution in [0.15, 0.2) is 53.3 Å². The predicted molar refractivity (Wildman–Crippen MR) is 103 cm³/mol. The van der Waals surface area contributed by atoms with Crippen molar-refractivity contribution in [3.8, 4) is 11.4 Å². The number of hydrogen-bond donors (Lipinski definition) is 1. The number of methoxy groups -OCH3 is 1. The molecule has 0 unspecified atom stereocenters. The number of likely N-dealkylation sites (tertiary alicyclic amines) is 1. The second-order valence-electron chi connectivity index (χ2n) is 6.71. The quantitative estimate of drug-likeness (QED) is 0.633. The van der Waals surface area contributed by atoms with Crippen LogP contribution in [0.3, 0.4) is 0 Å². The van der Waals surface area contributed by atoms with Crippen molar-refractivity contribution in [2.75, 3.05) is 32.1 Å². The van der Waals surface area contributed by atoms with Gasteiger partial charge in [-0.05, 0) is 36.4 Å². The van der Waals surface area contributed by atoms with Crippen molar-refractivity contribution in [2.45, 2.75) is 5.92 Å². The van der Waals surface area contributed by atoms with Crippen LogP contribution in [-0.2, 0) is 9.53 Å². The van der Waals surface area contributed by atoms with Gasteiger partial charge in [-0.1, -0.05) is 5.16 Å². The summed E-state index contributed by atoms with van der Waals surface area (Å²) >= 11 is 0. The molecular formula is C20H19N5O4. The predicted octanol–water partition coefficient (Wildman–Crippen LogP) is 1.96. The molecule has 0 aliphatic carbocycles. The van der Waals surface area contributed by atoms with E-state index in [-0.39, 0.29) is 18.4 Å². The molecule has 1 aromatic carbocycles. The van der Waals surface area contributed by atoms with E-state index in [1.54, 1.807) is 36.7 Å². The number of rotatable bonds is 6. The molecule has 1 N–H and O–H groups in total. The first-order valence-electron chi connectivity index (χ1n) is 9.07. The van der Waals surface area contributed by atoms with Gasteiger partial charge in [0.2, 0.25) is 17.6 Å². The number of aromatic nitrogens is 3. The van der Waals surface area contributed by atoms with Crippen molar-refractivity contribution < 1.29 is 18.8 Å². The molecule has 9 heteroatoms. The minimum absolute atomic E-state index is 0.111. The summed E-state index contributed by atoms with van der Waals surface area (Å²) in [7, 11) is 1.33. The second kappa shape index (κ2) is 8.19. The maximum Gasteiger partial charge on any atom is 0.337 e. The average molecular weight is 393 g/mol. The Bertz CT molecular complexity index is 997. The third kappa shape index (κ3) is 4.30. The highest BCUT2D eigenvalue weighted by atomic mass is 16.5. The first-order chi connectivity index (χ1) is 14.1. The Morgan fingerprint density at radius 3 is 2.72 bits per heavy atom. The molecule has 1 amide bonds. The summed E-state index contributed by atoms with van der Waals surface area (Å²) in [5.41, 5.74) is 1.86. The van der Waals surface area contributed by atoms with Crippen molar-refractivity contribution >= 4 is 17.6 Å². The van der Waals surface area contributed by atoms with E-state index in [1.165, 1.54) is 7.11 Å². The molecule has 0 bridgehead atoms. The topological polar surface area (TPSA) is 110 Å². The Labute approximate surface area is 166 Å². The maximum absolute atomic E-state index is 12.2. The van der Waals surface area contributed by atoms with Gasteiger partial charge in [0.15, 0.2) is 0 Å². The molecule has 4 rings (SSSR count). The lowest BCUT2D eigenvalue weighted by Crippen LogP contribution is -2.48. The first kappa shape index (κ1) is 18.8. The van der Waals surface area contributed by atoms with Gasteiger partial charge < -0.3 is 14.6 Å². The van der Waals surface area contributed by atoms with E-state index in [1.807, 2.05) is 17.0 Å². The van der Waals surface area contributed by atoms with Crippen LogP contribution in [0.4, 0.5) is 5.69 Å². The monoisotopic (exact) mass is 393 g/mol. The highest BCUT2D eigenvalue weighted by Gasteiger charge is 2.33. The standard InChI is InChI=1S/C20H19N5O4/c1-28-20(27)13-4-6-16(7-5-13)22-17(26)12-25-10-15(11-25)19-23-18(24-29-19)14-3-2-8-21-9-14/h2-9,15H,10-12H2,1H3,(H,22,26). The summed E-state index contributed by atoms with van der Waals surface area (Å²) in [5.74, 6) is 0.650. The number of hydrogen-bond acceptors (Lipinski definition) is 8. The number of benzene rings is 1. The van der Waals surface area contributed by atoms with Crippen molar-refractivity contribution in [1.29, 1.82) is 0 Å².